The summed E-state index contributed by atoms with van der Waals surface area (Å²) >= 11 is 0. The Morgan fingerprint density at radius 2 is 2.05 bits per heavy atom. The van der Waals surface area contributed by atoms with Crippen molar-refractivity contribution in [3.8, 4) is 5.75 Å². The number of aromatic hydroxyl groups is 1. The maximum Gasteiger partial charge on any atom is 0.256 e. The third kappa shape index (κ3) is 2.22. The second-order valence-corrected chi connectivity index (χ2v) is 6.26. The number of rotatable bonds is 2. The van der Waals surface area contributed by atoms with Crippen LogP contribution in [0.15, 0.2) is 30.5 Å². The van der Waals surface area contributed by atoms with Gasteiger partial charge in [0.15, 0.2) is 0 Å². The van der Waals surface area contributed by atoms with Crippen LogP contribution in [0.5, 0.6) is 5.75 Å². The van der Waals surface area contributed by atoms with Crippen molar-refractivity contribution in [1.29, 1.82) is 0 Å². The quantitative estimate of drug-likeness (QED) is 0.886. The molecule has 2 N–H and O–H groups in total. The smallest absolute Gasteiger partial charge is 0.256 e. The second kappa shape index (κ2) is 5.25. The van der Waals surface area contributed by atoms with E-state index in [1.165, 1.54) is 6.20 Å². The van der Waals surface area contributed by atoms with Gasteiger partial charge in [0.05, 0.1) is 5.52 Å². The first-order valence-electron chi connectivity index (χ1n) is 7.82. The van der Waals surface area contributed by atoms with E-state index in [-0.39, 0.29) is 23.3 Å². The lowest BCUT2D eigenvalue weighted by Gasteiger charge is -2.44. The maximum absolute atomic E-state index is 12.5. The third-order valence-electron chi connectivity index (χ3n) is 4.96. The summed E-state index contributed by atoms with van der Waals surface area (Å²) in [5.74, 6) is 0.350. The Labute approximate surface area is 129 Å². The molecule has 5 heteroatoms. The molecule has 5 rings (SSSR count). The molecule has 0 aliphatic carbocycles. The van der Waals surface area contributed by atoms with Crippen LogP contribution < -0.4 is 5.32 Å². The number of hydrogen-bond acceptors (Lipinski definition) is 4. The fourth-order valence-electron chi connectivity index (χ4n) is 3.67. The molecule has 114 valence electrons. The fourth-order valence-corrected chi connectivity index (χ4v) is 3.67. The lowest BCUT2D eigenvalue weighted by molar-refractivity contribution is 0.0619. The number of aromatic nitrogens is 1. The van der Waals surface area contributed by atoms with Crippen LogP contribution in [0.25, 0.3) is 10.9 Å². The van der Waals surface area contributed by atoms with Crippen molar-refractivity contribution in [2.75, 3.05) is 19.6 Å². The Bertz CT molecular complexity index is 723. The van der Waals surface area contributed by atoms with Crippen LogP contribution in [-0.2, 0) is 0 Å². The number of fused-ring (bicyclic) bond motifs is 4. The molecular formula is C17H19N3O2. The molecule has 3 aliphatic rings. The first kappa shape index (κ1) is 13.5. The van der Waals surface area contributed by atoms with E-state index in [9.17, 15) is 9.90 Å². The predicted molar refractivity (Wildman–Crippen MR) is 83.8 cm³/mol. The molecule has 22 heavy (non-hydrogen) atoms. The van der Waals surface area contributed by atoms with Gasteiger partial charge in [-0.2, -0.15) is 0 Å². The molecule has 4 heterocycles. The lowest BCUT2D eigenvalue weighted by atomic mass is 9.84. The fraction of sp³-hybridized carbons (Fsp3) is 0.412. The number of carbonyl (C=O) groups is 1. The molecule has 1 unspecified atom stereocenters. The van der Waals surface area contributed by atoms with Crippen molar-refractivity contribution in [3.05, 3.63) is 36.0 Å². The lowest BCUT2D eigenvalue weighted by Crippen LogP contribution is -2.57. The minimum atomic E-state index is -0.227. The Hall–Kier alpha value is -2.14. The summed E-state index contributed by atoms with van der Waals surface area (Å²) < 4.78 is 0. The minimum absolute atomic E-state index is 0.0179. The van der Waals surface area contributed by atoms with Crippen LogP contribution in [0.4, 0.5) is 0 Å². The number of para-hydroxylation sites is 1. The van der Waals surface area contributed by atoms with E-state index in [4.69, 9.17) is 0 Å². The van der Waals surface area contributed by atoms with Crippen molar-refractivity contribution in [1.82, 2.24) is 15.2 Å². The van der Waals surface area contributed by atoms with Crippen LogP contribution in [0.1, 0.15) is 23.2 Å². The molecule has 1 aromatic carbocycles. The van der Waals surface area contributed by atoms with Gasteiger partial charge in [0, 0.05) is 24.2 Å². The number of nitrogens with one attached hydrogen (secondary N) is 1. The summed E-state index contributed by atoms with van der Waals surface area (Å²) in [6.45, 7) is 3.19. The van der Waals surface area contributed by atoms with Crippen LogP contribution in [-0.4, -0.2) is 46.6 Å². The predicted octanol–water partition coefficient (Wildman–Crippen LogP) is 1.76. The third-order valence-corrected chi connectivity index (χ3v) is 4.96. The first-order chi connectivity index (χ1) is 10.7. The van der Waals surface area contributed by atoms with Gasteiger partial charge in [0.2, 0.25) is 0 Å². The van der Waals surface area contributed by atoms with E-state index in [0.29, 0.717) is 16.8 Å². The van der Waals surface area contributed by atoms with Gasteiger partial charge in [-0.25, -0.2) is 0 Å². The molecule has 1 aromatic heterocycles. The topological polar surface area (TPSA) is 65.5 Å². The highest BCUT2D eigenvalue weighted by molar-refractivity contribution is 6.02. The van der Waals surface area contributed by atoms with Gasteiger partial charge in [-0.05, 0) is 44.0 Å². The number of amides is 1. The normalized spacial score (nSPS) is 27.0. The summed E-state index contributed by atoms with van der Waals surface area (Å²) in [6.07, 6.45) is 3.76. The van der Waals surface area contributed by atoms with Crippen molar-refractivity contribution in [2.24, 2.45) is 5.92 Å². The van der Waals surface area contributed by atoms with Gasteiger partial charge in [-0.15, -0.1) is 0 Å². The Balaban J connectivity index is 1.59. The van der Waals surface area contributed by atoms with Crippen LogP contribution in [0.3, 0.4) is 0 Å². The number of carbonyl (C=O) groups excluding carboxylic acids is 1. The van der Waals surface area contributed by atoms with Gasteiger partial charge < -0.3 is 15.3 Å². The highest BCUT2D eigenvalue weighted by atomic mass is 16.3. The molecule has 3 saturated heterocycles. The summed E-state index contributed by atoms with van der Waals surface area (Å²) in [4.78, 5) is 19.2. The second-order valence-electron chi connectivity index (χ2n) is 6.26. The van der Waals surface area contributed by atoms with Gasteiger partial charge in [0.25, 0.3) is 5.91 Å². The Morgan fingerprint density at radius 3 is 2.77 bits per heavy atom. The van der Waals surface area contributed by atoms with Crippen LogP contribution in [0, 0.1) is 5.92 Å². The SMILES string of the molecule is O=C(NC1CN2CCC1CC2)c1cnc2ccccc2c1O. The molecule has 3 fully saturated rings. The van der Waals surface area contributed by atoms with Crippen molar-refractivity contribution >= 4 is 16.8 Å². The van der Waals surface area contributed by atoms with E-state index >= 15 is 0 Å². The number of nitrogens with zero attached hydrogens (tertiary/aromatic N) is 2. The Kier molecular flexibility index (Phi) is 3.22. The van der Waals surface area contributed by atoms with Crippen molar-refractivity contribution < 1.29 is 9.90 Å². The molecule has 1 atom stereocenters. The molecule has 2 aromatic rings. The zero-order valence-corrected chi connectivity index (χ0v) is 12.3. The summed E-state index contributed by atoms with van der Waals surface area (Å²) in [5, 5.41) is 14.1. The minimum Gasteiger partial charge on any atom is -0.506 e. The highest BCUT2D eigenvalue weighted by Gasteiger charge is 2.35. The largest absolute Gasteiger partial charge is 0.506 e. The molecular weight excluding hydrogens is 278 g/mol. The van der Waals surface area contributed by atoms with Crippen LogP contribution >= 0.6 is 0 Å². The molecule has 0 spiro atoms. The number of hydrogen-bond donors (Lipinski definition) is 2. The molecule has 3 aliphatic heterocycles. The van der Waals surface area contributed by atoms with Crippen molar-refractivity contribution in [3.63, 3.8) is 0 Å². The molecule has 1 amide bonds. The highest BCUT2D eigenvalue weighted by Crippen LogP contribution is 2.29. The molecule has 2 bridgehead atoms. The summed E-state index contributed by atoms with van der Waals surface area (Å²) in [7, 11) is 0. The van der Waals surface area contributed by atoms with E-state index in [2.05, 4.69) is 15.2 Å². The van der Waals surface area contributed by atoms with Crippen LogP contribution in [0.2, 0.25) is 0 Å². The van der Waals surface area contributed by atoms with E-state index < -0.39 is 0 Å². The monoisotopic (exact) mass is 297 g/mol. The van der Waals surface area contributed by atoms with Gasteiger partial charge >= 0.3 is 0 Å². The maximum atomic E-state index is 12.5. The number of benzene rings is 1. The average molecular weight is 297 g/mol. The number of piperidine rings is 3. The summed E-state index contributed by atoms with van der Waals surface area (Å²) in [6, 6.07) is 7.48. The zero-order chi connectivity index (χ0) is 15.1. The van der Waals surface area contributed by atoms with E-state index in [1.807, 2.05) is 18.2 Å². The molecule has 0 radical (unpaired) electrons. The Morgan fingerprint density at radius 1 is 1.27 bits per heavy atom. The standard InChI is InChI=1S/C17H19N3O2/c21-16-12-3-1-2-4-14(12)18-9-13(16)17(22)19-15-10-20-7-5-11(15)6-8-20/h1-4,9,11,15H,5-8,10H2,(H,18,21)(H,19,22). The molecule has 0 saturated carbocycles. The average Bonchev–Trinajstić information content (AvgIpc) is 2.56. The zero-order valence-electron chi connectivity index (χ0n) is 12.3. The van der Waals surface area contributed by atoms with Gasteiger partial charge in [0.1, 0.15) is 11.3 Å². The summed E-state index contributed by atoms with van der Waals surface area (Å²) in [5.41, 5.74) is 0.953. The van der Waals surface area contributed by atoms with Gasteiger partial charge in [-0.3, -0.25) is 9.78 Å². The van der Waals surface area contributed by atoms with E-state index in [0.717, 1.165) is 32.5 Å². The van der Waals surface area contributed by atoms with Crippen molar-refractivity contribution in [2.45, 2.75) is 18.9 Å². The van der Waals surface area contributed by atoms with Gasteiger partial charge in [-0.1, -0.05) is 12.1 Å². The number of pyridine rings is 1. The molecule has 5 nitrogen and oxygen atoms in total. The first-order valence-corrected chi connectivity index (χ1v) is 7.82. The van der Waals surface area contributed by atoms with E-state index in [1.54, 1.807) is 6.07 Å².